The normalized spacial score (nSPS) is 13.9. The Bertz CT molecular complexity index is 1030. The molecule has 0 radical (unpaired) electrons. The van der Waals surface area contributed by atoms with Gasteiger partial charge >= 0.3 is 5.97 Å². The zero-order valence-corrected chi connectivity index (χ0v) is 17.2. The quantitative estimate of drug-likeness (QED) is 0.408. The van der Waals surface area contributed by atoms with Gasteiger partial charge in [0.15, 0.2) is 6.10 Å². The Morgan fingerprint density at radius 1 is 1.33 bits per heavy atom. The molecule has 156 valence electrons. The highest BCUT2D eigenvalue weighted by Crippen LogP contribution is 2.34. The summed E-state index contributed by atoms with van der Waals surface area (Å²) in [4.78, 5) is 49.3. The predicted octanol–water partition coefficient (Wildman–Crippen LogP) is 3.26. The molecule has 0 aromatic heterocycles. The van der Waals surface area contributed by atoms with Crippen LogP contribution >= 0.6 is 23.4 Å². The van der Waals surface area contributed by atoms with Crippen molar-refractivity contribution >= 4 is 58.2 Å². The third-order valence-corrected chi connectivity index (χ3v) is 5.57. The number of fused-ring (bicyclic) bond motifs is 1. The number of benzene rings is 2. The Morgan fingerprint density at radius 3 is 2.80 bits per heavy atom. The second kappa shape index (κ2) is 9.14. The van der Waals surface area contributed by atoms with Gasteiger partial charge in [-0.2, -0.15) is 0 Å². The van der Waals surface area contributed by atoms with Crippen LogP contribution in [0.5, 0.6) is 0 Å². The van der Waals surface area contributed by atoms with E-state index in [9.17, 15) is 24.5 Å². The van der Waals surface area contributed by atoms with E-state index in [1.54, 1.807) is 12.1 Å². The van der Waals surface area contributed by atoms with E-state index in [-0.39, 0.29) is 34.6 Å². The monoisotopic (exact) mass is 449 g/mol. The van der Waals surface area contributed by atoms with Gasteiger partial charge in [-0.3, -0.25) is 29.4 Å². The summed E-state index contributed by atoms with van der Waals surface area (Å²) >= 11 is 7.34. The number of hydrogen-bond donors (Lipinski definition) is 1. The summed E-state index contributed by atoms with van der Waals surface area (Å²) in [6.45, 7) is 1.01. The summed E-state index contributed by atoms with van der Waals surface area (Å²) in [5.41, 5.74) is 0.381. The van der Waals surface area contributed by atoms with Crippen LogP contribution in [-0.2, 0) is 19.1 Å². The number of nitrogens with one attached hydrogen (secondary N) is 1. The summed E-state index contributed by atoms with van der Waals surface area (Å²) in [6.07, 6.45) is -1.21. The van der Waals surface area contributed by atoms with Crippen molar-refractivity contribution < 1.29 is 24.0 Å². The number of halogens is 1. The molecule has 0 saturated carbocycles. The topological polar surface area (TPSA) is 119 Å². The van der Waals surface area contributed by atoms with Gasteiger partial charge in [0.05, 0.1) is 27.1 Å². The number of nitro groups is 1. The average Bonchev–Trinajstić information content (AvgIpc) is 2.71. The van der Waals surface area contributed by atoms with Gasteiger partial charge in [0.1, 0.15) is 6.54 Å². The molecule has 1 unspecified atom stereocenters. The maximum atomic E-state index is 12.3. The number of carbonyl (C=O) groups excluding carboxylic acids is 3. The summed E-state index contributed by atoms with van der Waals surface area (Å²) in [7, 11) is 0. The van der Waals surface area contributed by atoms with E-state index in [1.807, 2.05) is 12.1 Å². The molecule has 0 saturated heterocycles. The Labute approximate surface area is 180 Å². The highest BCUT2D eigenvalue weighted by Gasteiger charge is 2.28. The van der Waals surface area contributed by atoms with Crippen molar-refractivity contribution in [3.05, 3.63) is 57.6 Å². The fourth-order valence-corrected chi connectivity index (χ4v) is 3.80. The molecule has 0 bridgehead atoms. The molecule has 2 amide bonds. The minimum atomic E-state index is -1.21. The molecule has 0 aliphatic carbocycles. The van der Waals surface area contributed by atoms with Crippen LogP contribution in [0.3, 0.4) is 0 Å². The standard InChI is InChI=1S/C19H16ClN3O6S/c1-11(19(26)21-14-8-12(23(27)28)6-7-13(14)20)29-18(25)9-22-15-4-2-3-5-16(15)30-10-17(22)24/h2-8,11H,9-10H2,1H3,(H,21,26). The number of non-ortho nitro benzene ring substituents is 1. The number of nitrogens with zero attached hydrogens (tertiary/aromatic N) is 2. The highest BCUT2D eigenvalue weighted by molar-refractivity contribution is 8.00. The number of para-hydroxylation sites is 1. The number of nitro benzene ring substituents is 1. The predicted molar refractivity (Wildman–Crippen MR) is 112 cm³/mol. The highest BCUT2D eigenvalue weighted by atomic mass is 35.5. The van der Waals surface area contributed by atoms with Crippen LogP contribution in [0.4, 0.5) is 17.1 Å². The van der Waals surface area contributed by atoms with E-state index in [0.29, 0.717) is 5.69 Å². The summed E-state index contributed by atoms with van der Waals surface area (Å²) in [5.74, 6) is -1.52. The second-order valence-corrected chi connectivity index (χ2v) is 7.70. The number of esters is 1. The zero-order valence-electron chi connectivity index (χ0n) is 15.7. The van der Waals surface area contributed by atoms with Gasteiger partial charge in [0, 0.05) is 17.0 Å². The number of anilines is 2. The zero-order chi connectivity index (χ0) is 21.8. The summed E-state index contributed by atoms with van der Waals surface area (Å²) in [5, 5.41) is 13.4. The van der Waals surface area contributed by atoms with Gasteiger partial charge < -0.3 is 10.1 Å². The van der Waals surface area contributed by atoms with Gasteiger partial charge in [0.2, 0.25) is 5.91 Å². The van der Waals surface area contributed by atoms with Gasteiger partial charge in [-0.1, -0.05) is 23.7 Å². The average molecular weight is 450 g/mol. The first-order valence-corrected chi connectivity index (χ1v) is 10.1. The molecule has 3 rings (SSSR count). The fraction of sp³-hybridized carbons (Fsp3) is 0.211. The lowest BCUT2D eigenvalue weighted by atomic mass is 10.2. The van der Waals surface area contributed by atoms with Crippen molar-refractivity contribution in [2.45, 2.75) is 17.9 Å². The third kappa shape index (κ3) is 4.89. The smallest absolute Gasteiger partial charge is 0.326 e. The Hall–Kier alpha value is -3.11. The van der Waals surface area contributed by atoms with E-state index in [1.165, 1.54) is 35.7 Å². The molecule has 0 spiro atoms. The SMILES string of the molecule is CC(OC(=O)CN1C(=O)CSc2ccccc21)C(=O)Nc1cc([N+](=O)[O-])ccc1Cl. The minimum Gasteiger partial charge on any atom is -0.451 e. The van der Waals surface area contributed by atoms with Crippen molar-refractivity contribution in [1.82, 2.24) is 0 Å². The van der Waals surface area contributed by atoms with E-state index in [4.69, 9.17) is 16.3 Å². The minimum absolute atomic E-state index is 0.0240. The molecular weight excluding hydrogens is 434 g/mol. The van der Waals surface area contributed by atoms with Crippen molar-refractivity contribution in [2.75, 3.05) is 22.5 Å². The van der Waals surface area contributed by atoms with Crippen LogP contribution in [-0.4, -0.2) is 41.1 Å². The second-order valence-electron chi connectivity index (χ2n) is 6.28. The van der Waals surface area contributed by atoms with E-state index in [0.717, 1.165) is 11.0 Å². The lowest BCUT2D eigenvalue weighted by molar-refractivity contribution is -0.384. The molecule has 2 aromatic rings. The van der Waals surface area contributed by atoms with E-state index >= 15 is 0 Å². The Kier molecular flexibility index (Phi) is 6.58. The number of rotatable bonds is 6. The molecule has 2 aromatic carbocycles. The van der Waals surface area contributed by atoms with Gasteiger partial charge in [-0.05, 0) is 25.1 Å². The van der Waals surface area contributed by atoms with E-state index in [2.05, 4.69) is 5.32 Å². The fourth-order valence-electron chi connectivity index (χ4n) is 2.70. The number of hydrogen-bond acceptors (Lipinski definition) is 7. The number of carbonyl (C=O) groups is 3. The van der Waals surface area contributed by atoms with Gasteiger partial charge in [-0.25, -0.2) is 0 Å². The van der Waals surface area contributed by atoms with Crippen molar-refractivity contribution in [1.29, 1.82) is 0 Å². The number of amides is 2. The van der Waals surface area contributed by atoms with Crippen LogP contribution in [0, 0.1) is 10.1 Å². The third-order valence-electron chi connectivity index (χ3n) is 4.19. The van der Waals surface area contributed by atoms with Crippen LogP contribution in [0.25, 0.3) is 0 Å². The van der Waals surface area contributed by atoms with Crippen LogP contribution in [0.15, 0.2) is 47.4 Å². The lowest BCUT2D eigenvalue weighted by Crippen LogP contribution is -2.41. The molecule has 30 heavy (non-hydrogen) atoms. The van der Waals surface area contributed by atoms with Crippen LogP contribution in [0.1, 0.15) is 6.92 Å². The van der Waals surface area contributed by atoms with Gasteiger partial charge in [-0.15, -0.1) is 11.8 Å². The van der Waals surface area contributed by atoms with E-state index < -0.39 is 22.9 Å². The first kappa shape index (κ1) is 21.6. The molecule has 0 fully saturated rings. The van der Waals surface area contributed by atoms with Crippen molar-refractivity contribution in [3.63, 3.8) is 0 Å². The molecule has 1 heterocycles. The first-order valence-electron chi connectivity index (χ1n) is 8.72. The lowest BCUT2D eigenvalue weighted by Gasteiger charge is -2.28. The van der Waals surface area contributed by atoms with Crippen LogP contribution in [0.2, 0.25) is 5.02 Å². The molecule has 1 aliphatic rings. The Morgan fingerprint density at radius 2 is 2.07 bits per heavy atom. The summed E-state index contributed by atoms with van der Waals surface area (Å²) in [6, 6.07) is 10.8. The molecule has 11 heteroatoms. The van der Waals surface area contributed by atoms with Crippen molar-refractivity contribution in [2.24, 2.45) is 0 Å². The largest absolute Gasteiger partial charge is 0.451 e. The maximum Gasteiger partial charge on any atom is 0.326 e. The van der Waals surface area contributed by atoms with Crippen LogP contribution < -0.4 is 10.2 Å². The van der Waals surface area contributed by atoms with Gasteiger partial charge in [0.25, 0.3) is 11.6 Å². The first-order chi connectivity index (χ1) is 14.3. The molecule has 1 atom stereocenters. The molecular formula is C19H16ClN3O6S. The number of ether oxygens (including phenoxy) is 1. The Balaban J connectivity index is 1.63. The molecule has 1 aliphatic heterocycles. The number of thioether (sulfide) groups is 1. The maximum absolute atomic E-state index is 12.3. The molecule has 1 N–H and O–H groups in total. The summed E-state index contributed by atoms with van der Waals surface area (Å²) < 4.78 is 5.14. The molecule has 9 nitrogen and oxygen atoms in total. The van der Waals surface area contributed by atoms with Crippen molar-refractivity contribution in [3.8, 4) is 0 Å².